The van der Waals surface area contributed by atoms with Crippen LogP contribution in [0.1, 0.15) is 12.5 Å². The maximum Gasteiger partial charge on any atom is 0.329 e. The minimum Gasteiger partial charge on any atom is -0.507 e. The molecule has 0 unspecified atom stereocenters. The van der Waals surface area contributed by atoms with E-state index in [1.807, 2.05) is 0 Å². The Bertz CT molecular complexity index is 1160. The number of rotatable bonds is 6. The molecule has 0 fully saturated rings. The molecule has 0 radical (unpaired) electrons. The number of benzene rings is 1. The zero-order valence-corrected chi connectivity index (χ0v) is 15.2. The molecule has 2 aromatic heterocycles. The number of nitrogens with one attached hydrogen (secondary N) is 2. The fraction of sp³-hybridized carbons (Fsp3) is 0.294. The quantitative estimate of drug-likeness (QED) is 0.276. The second-order valence-electron chi connectivity index (χ2n) is 6.20. The molecule has 1 atom stereocenters. The van der Waals surface area contributed by atoms with E-state index < -0.39 is 24.0 Å². The highest BCUT2D eigenvalue weighted by atomic mass is 16.3. The molecule has 3 aromatic rings. The number of aliphatic hydroxyl groups excluding tert-OH is 2. The van der Waals surface area contributed by atoms with Crippen molar-refractivity contribution >= 4 is 22.8 Å². The van der Waals surface area contributed by atoms with Gasteiger partial charge in [-0.25, -0.2) is 10.2 Å². The fourth-order valence-corrected chi connectivity index (χ4v) is 2.74. The number of H-pyrrole nitrogens is 1. The normalized spacial score (nSPS) is 13.1. The van der Waals surface area contributed by atoms with E-state index in [4.69, 9.17) is 5.11 Å². The van der Waals surface area contributed by atoms with Gasteiger partial charge in [-0.2, -0.15) is 10.1 Å². The first kappa shape index (κ1) is 19.3. The minimum atomic E-state index is -1.15. The van der Waals surface area contributed by atoms with Crippen molar-refractivity contribution < 1.29 is 15.3 Å². The van der Waals surface area contributed by atoms with Crippen LogP contribution in [0.4, 0.5) is 5.95 Å². The molecule has 5 N–H and O–H groups in total. The van der Waals surface area contributed by atoms with Gasteiger partial charge in [0.25, 0.3) is 5.56 Å². The van der Waals surface area contributed by atoms with Crippen LogP contribution in [0.3, 0.4) is 0 Å². The van der Waals surface area contributed by atoms with Gasteiger partial charge in [0.2, 0.25) is 5.95 Å². The zero-order valence-electron chi connectivity index (χ0n) is 15.2. The summed E-state index contributed by atoms with van der Waals surface area (Å²) < 4.78 is 2.49. The second kappa shape index (κ2) is 7.66. The topological polar surface area (TPSA) is 158 Å². The van der Waals surface area contributed by atoms with Crippen LogP contribution in [-0.2, 0) is 13.6 Å². The molecule has 0 aliphatic rings. The summed E-state index contributed by atoms with van der Waals surface area (Å²) in [6.45, 7) is 0.991. The molecule has 0 bridgehead atoms. The molecule has 3 rings (SSSR count). The molecule has 28 heavy (non-hydrogen) atoms. The number of aliphatic hydroxyl groups is 2. The number of fused-ring (bicyclic) bond motifs is 1. The van der Waals surface area contributed by atoms with Gasteiger partial charge in [0, 0.05) is 12.6 Å². The highest BCUT2D eigenvalue weighted by Gasteiger charge is 2.19. The van der Waals surface area contributed by atoms with Crippen molar-refractivity contribution in [3.63, 3.8) is 0 Å². The van der Waals surface area contributed by atoms with E-state index in [0.29, 0.717) is 11.3 Å². The molecule has 0 saturated carbocycles. The lowest BCUT2D eigenvalue weighted by molar-refractivity contribution is 0.0825. The van der Waals surface area contributed by atoms with E-state index in [0.717, 1.165) is 4.57 Å². The summed E-state index contributed by atoms with van der Waals surface area (Å²) in [5.41, 5.74) is 2.48. The summed E-state index contributed by atoms with van der Waals surface area (Å²) >= 11 is 0. The standard InChI is InChI=1S/C17H20N6O5/c1-9(11-5-3-4-6-12(11)26)20-21-16-18-14-13(23(16)7-10(25)8-24)15(27)19-17(28)22(14)2/h3-6,10,24-26H,7-8H2,1-2H3,(H,18,21)(H,19,27,28)/b20-9-/t10-/m0/s1. The van der Waals surface area contributed by atoms with Gasteiger partial charge >= 0.3 is 5.69 Å². The number of hydrogen-bond donors (Lipinski definition) is 5. The number of aryl methyl sites for hydroxylation is 1. The lowest BCUT2D eigenvalue weighted by Crippen LogP contribution is -2.30. The monoisotopic (exact) mass is 388 g/mol. The van der Waals surface area contributed by atoms with Gasteiger partial charge in [0.15, 0.2) is 11.2 Å². The van der Waals surface area contributed by atoms with E-state index in [1.54, 1.807) is 25.1 Å². The Balaban J connectivity index is 2.10. The molecule has 0 saturated heterocycles. The number of aromatic amines is 1. The summed E-state index contributed by atoms with van der Waals surface area (Å²) in [7, 11) is 1.45. The highest BCUT2D eigenvalue weighted by Crippen LogP contribution is 2.19. The van der Waals surface area contributed by atoms with Gasteiger partial charge in [-0.05, 0) is 19.1 Å². The zero-order chi connectivity index (χ0) is 20.4. The van der Waals surface area contributed by atoms with Gasteiger partial charge in [0.1, 0.15) is 5.75 Å². The molecule has 2 heterocycles. The van der Waals surface area contributed by atoms with Crippen LogP contribution >= 0.6 is 0 Å². The highest BCUT2D eigenvalue weighted by molar-refractivity contribution is 6.01. The molecule has 11 heteroatoms. The average molecular weight is 388 g/mol. The molecule has 11 nitrogen and oxygen atoms in total. The van der Waals surface area contributed by atoms with E-state index in [9.17, 15) is 19.8 Å². The van der Waals surface area contributed by atoms with Gasteiger partial charge < -0.3 is 19.9 Å². The van der Waals surface area contributed by atoms with Crippen LogP contribution in [-0.4, -0.2) is 52.8 Å². The number of imidazole rings is 1. The first-order valence-electron chi connectivity index (χ1n) is 8.40. The van der Waals surface area contributed by atoms with Crippen LogP contribution < -0.4 is 16.7 Å². The third-order valence-electron chi connectivity index (χ3n) is 4.23. The largest absolute Gasteiger partial charge is 0.507 e. The van der Waals surface area contributed by atoms with Crippen molar-refractivity contribution in [3.05, 3.63) is 50.7 Å². The summed E-state index contributed by atoms with van der Waals surface area (Å²) in [6, 6.07) is 6.64. The lowest BCUT2D eigenvalue weighted by Gasteiger charge is -2.12. The number of hydrazone groups is 1. The Morgan fingerprint density at radius 1 is 1.36 bits per heavy atom. The number of nitrogens with zero attached hydrogens (tertiary/aromatic N) is 4. The number of aromatic nitrogens is 4. The maximum absolute atomic E-state index is 12.3. The molecule has 0 amide bonds. The third-order valence-corrected chi connectivity index (χ3v) is 4.23. The summed E-state index contributed by atoms with van der Waals surface area (Å²) in [5.74, 6) is 0.137. The predicted octanol–water partition coefficient (Wildman–Crippen LogP) is -0.682. The van der Waals surface area contributed by atoms with Crippen molar-refractivity contribution in [3.8, 4) is 5.75 Å². The number of anilines is 1. The van der Waals surface area contributed by atoms with Crippen molar-refractivity contribution in [2.45, 2.75) is 19.6 Å². The van der Waals surface area contributed by atoms with Gasteiger partial charge in [-0.15, -0.1) is 0 Å². The van der Waals surface area contributed by atoms with Crippen LogP contribution in [0.2, 0.25) is 0 Å². The number of aromatic hydroxyl groups is 1. The SMILES string of the molecule is C/C(=N/Nc1nc2c(c(=O)[nH]c(=O)n2C)n1C[C@H](O)CO)c1ccccc1O. The van der Waals surface area contributed by atoms with E-state index >= 15 is 0 Å². The van der Waals surface area contributed by atoms with Crippen molar-refractivity contribution in [2.24, 2.45) is 12.1 Å². The summed E-state index contributed by atoms with van der Waals surface area (Å²) in [5, 5.41) is 33.1. The Morgan fingerprint density at radius 3 is 2.75 bits per heavy atom. The summed E-state index contributed by atoms with van der Waals surface area (Å²) in [4.78, 5) is 30.5. The summed E-state index contributed by atoms with van der Waals surface area (Å²) in [6.07, 6.45) is -1.15. The number of phenols is 1. The van der Waals surface area contributed by atoms with E-state index in [2.05, 4.69) is 20.5 Å². The molecule has 0 aliphatic carbocycles. The van der Waals surface area contributed by atoms with Crippen LogP contribution in [0.5, 0.6) is 5.75 Å². The van der Waals surface area contributed by atoms with Crippen molar-refractivity contribution in [1.82, 2.24) is 19.1 Å². The fourth-order valence-electron chi connectivity index (χ4n) is 2.74. The number of hydrogen-bond acceptors (Lipinski definition) is 8. The Kier molecular flexibility index (Phi) is 5.29. The van der Waals surface area contributed by atoms with Crippen molar-refractivity contribution in [1.29, 1.82) is 0 Å². The number of phenolic OH excluding ortho intramolecular Hbond substituents is 1. The van der Waals surface area contributed by atoms with Gasteiger partial charge in [-0.3, -0.25) is 14.3 Å². The predicted molar refractivity (Wildman–Crippen MR) is 103 cm³/mol. The molecular weight excluding hydrogens is 368 g/mol. The lowest BCUT2D eigenvalue weighted by atomic mass is 10.1. The Labute approximate surface area is 158 Å². The van der Waals surface area contributed by atoms with Crippen LogP contribution in [0.15, 0.2) is 39.0 Å². The van der Waals surface area contributed by atoms with Crippen molar-refractivity contribution in [2.75, 3.05) is 12.0 Å². The minimum absolute atomic E-state index is 0.0486. The second-order valence-corrected chi connectivity index (χ2v) is 6.20. The molecule has 148 valence electrons. The van der Waals surface area contributed by atoms with E-state index in [1.165, 1.54) is 17.7 Å². The number of para-hydroxylation sites is 1. The van der Waals surface area contributed by atoms with E-state index in [-0.39, 0.29) is 29.4 Å². The Morgan fingerprint density at radius 2 is 2.07 bits per heavy atom. The third kappa shape index (κ3) is 3.52. The van der Waals surface area contributed by atoms with Gasteiger partial charge in [-0.1, -0.05) is 12.1 Å². The molecule has 0 spiro atoms. The van der Waals surface area contributed by atoms with Gasteiger partial charge in [0.05, 0.1) is 25.0 Å². The molecular formula is C17H20N6O5. The molecule has 0 aliphatic heterocycles. The average Bonchev–Trinajstić information content (AvgIpc) is 3.03. The Hall–Kier alpha value is -3.44. The molecule has 1 aromatic carbocycles. The first-order valence-corrected chi connectivity index (χ1v) is 8.40. The first-order chi connectivity index (χ1) is 13.3. The van der Waals surface area contributed by atoms with Crippen LogP contribution in [0, 0.1) is 0 Å². The maximum atomic E-state index is 12.3. The van der Waals surface area contributed by atoms with Crippen LogP contribution in [0.25, 0.3) is 11.2 Å². The smallest absolute Gasteiger partial charge is 0.329 e.